The molecule has 2 rings (SSSR count). The molecule has 1 aromatic rings. The van der Waals surface area contributed by atoms with E-state index in [9.17, 15) is 0 Å². The molecule has 0 radical (unpaired) electrons. The number of aromatic nitrogens is 2. The molecule has 4 nitrogen and oxygen atoms in total. The van der Waals surface area contributed by atoms with E-state index in [4.69, 9.17) is 4.74 Å². The zero-order valence-electron chi connectivity index (χ0n) is 5.69. The molecule has 0 saturated carbocycles. The lowest BCUT2D eigenvalue weighted by Gasteiger charge is -2.09. The standard InChI is InChI=1S/C7H5N3O/c1-5-2-9-6-3-8-4-10-7(6)11-5/h2-4H,1H2. The minimum Gasteiger partial charge on any atom is -0.436 e. The number of aliphatic imine (C=N–C) groups is 1. The molecule has 0 amide bonds. The monoisotopic (exact) mass is 147 g/mol. The van der Waals surface area contributed by atoms with Crippen LogP contribution < -0.4 is 4.74 Å². The lowest BCUT2D eigenvalue weighted by atomic mass is 10.4. The quantitative estimate of drug-likeness (QED) is 0.551. The van der Waals surface area contributed by atoms with E-state index in [1.54, 1.807) is 6.20 Å². The van der Waals surface area contributed by atoms with Crippen molar-refractivity contribution in [3.05, 3.63) is 24.9 Å². The molecule has 1 aromatic heterocycles. The van der Waals surface area contributed by atoms with Gasteiger partial charge >= 0.3 is 0 Å². The van der Waals surface area contributed by atoms with Gasteiger partial charge in [0.2, 0.25) is 5.88 Å². The summed E-state index contributed by atoms with van der Waals surface area (Å²) in [6, 6.07) is 0. The van der Waals surface area contributed by atoms with Crippen molar-refractivity contribution in [3.63, 3.8) is 0 Å². The van der Waals surface area contributed by atoms with E-state index >= 15 is 0 Å². The molecule has 0 spiro atoms. The van der Waals surface area contributed by atoms with Crippen LogP contribution in [0.3, 0.4) is 0 Å². The molecule has 4 heteroatoms. The van der Waals surface area contributed by atoms with E-state index < -0.39 is 0 Å². The van der Waals surface area contributed by atoms with E-state index in [1.165, 1.54) is 12.5 Å². The number of rotatable bonds is 0. The summed E-state index contributed by atoms with van der Waals surface area (Å²) >= 11 is 0. The van der Waals surface area contributed by atoms with Crippen molar-refractivity contribution in [1.29, 1.82) is 0 Å². The predicted molar refractivity (Wildman–Crippen MR) is 40.0 cm³/mol. The molecule has 0 fully saturated rings. The van der Waals surface area contributed by atoms with Crippen molar-refractivity contribution in [1.82, 2.24) is 9.97 Å². The maximum absolute atomic E-state index is 5.14. The zero-order chi connectivity index (χ0) is 7.68. The summed E-state index contributed by atoms with van der Waals surface area (Å²) < 4.78 is 5.14. The van der Waals surface area contributed by atoms with Gasteiger partial charge in [0.05, 0.1) is 12.4 Å². The van der Waals surface area contributed by atoms with Crippen LogP contribution in [0.15, 0.2) is 29.9 Å². The summed E-state index contributed by atoms with van der Waals surface area (Å²) in [5.41, 5.74) is 0.639. The van der Waals surface area contributed by atoms with Crippen LogP contribution in [0.5, 0.6) is 5.88 Å². The molecule has 11 heavy (non-hydrogen) atoms. The van der Waals surface area contributed by atoms with Gasteiger partial charge in [-0.05, 0) is 0 Å². The zero-order valence-corrected chi connectivity index (χ0v) is 5.69. The third kappa shape index (κ3) is 0.980. The van der Waals surface area contributed by atoms with Crippen LogP contribution in [0, 0.1) is 0 Å². The van der Waals surface area contributed by atoms with Crippen LogP contribution in [0.1, 0.15) is 0 Å². The largest absolute Gasteiger partial charge is 0.436 e. The van der Waals surface area contributed by atoms with Gasteiger partial charge in [-0.2, -0.15) is 4.98 Å². The van der Waals surface area contributed by atoms with Crippen molar-refractivity contribution in [2.45, 2.75) is 0 Å². The Balaban J connectivity index is 2.54. The van der Waals surface area contributed by atoms with Crippen molar-refractivity contribution >= 4 is 11.9 Å². The highest BCUT2D eigenvalue weighted by atomic mass is 16.5. The van der Waals surface area contributed by atoms with Gasteiger partial charge in [0.25, 0.3) is 0 Å². The first-order valence-electron chi connectivity index (χ1n) is 3.07. The van der Waals surface area contributed by atoms with E-state index in [0.717, 1.165) is 0 Å². The second-order valence-corrected chi connectivity index (χ2v) is 2.04. The topological polar surface area (TPSA) is 47.4 Å². The Hall–Kier alpha value is -1.71. The number of hydrogen-bond acceptors (Lipinski definition) is 4. The summed E-state index contributed by atoms with van der Waals surface area (Å²) in [4.78, 5) is 11.6. The van der Waals surface area contributed by atoms with Crippen LogP contribution in [0.25, 0.3) is 0 Å². The van der Waals surface area contributed by atoms with Crippen LogP contribution in [0.2, 0.25) is 0 Å². The highest BCUT2D eigenvalue weighted by molar-refractivity contribution is 5.81. The molecule has 1 aliphatic heterocycles. The highest BCUT2D eigenvalue weighted by Crippen LogP contribution is 2.26. The second kappa shape index (κ2) is 2.16. The van der Waals surface area contributed by atoms with Gasteiger partial charge in [-0.3, -0.25) is 0 Å². The fraction of sp³-hybridized carbons (Fsp3) is 0. The molecule has 0 bridgehead atoms. The van der Waals surface area contributed by atoms with Crippen molar-refractivity contribution < 1.29 is 4.74 Å². The Morgan fingerprint density at radius 3 is 3.27 bits per heavy atom. The molecule has 0 atom stereocenters. The molecule has 0 unspecified atom stereocenters. The predicted octanol–water partition coefficient (Wildman–Crippen LogP) is 1.08. The van der Waals surface area contributed by atoms with Gasteiger partial charge in [0, 0.05) is 0 Å². The van der Waals surface area contributed by atoms with E-state index in [0.29, 0.717) is 17.3 Å². The lowest BCUT2D eigenvalue weighted by Crippen LogP contribution is -2.01. The Morgan fingerprint density at radius 1 is 1.45 bits per heavy atom. The van der Waals surface area contributed by atoms with Gasteiger partial charge in [0.1, 0.15) is 17.8 Å². The van der Waals surface area contributed by atoms with Gasteiger partial charge in [-0.25, -0.2) is 9.98 Å². The van der Waals surface area contributed by atoms with Crippen LogP contribution in [-0.2, 0) is 0 Å². The maximum Gasteiger partial charge on any atom is 0.248 e. The van der Waals surface area contributed by atoms with Gasteiger partial charge in [-0.15, -0.1) is 0 Å². The smallest absolute Gasteiger partial charge is 0.248 e. The fourth-order valence-corrected chi connectivity index (χ4v) is 0.770. The number of nitrogens with zero attached hydrogens (tertiary/aromatic N) is 3. The Morgan fingerprint density at radius 2 is 2.36 bits per heavy atom. The SMILES string of the molecule is C=C1C=Nc2cncnc2O1. The van der Waals surface area contributed by atoms with Crippen molar-refractivity contribution in [2.75, 3.05) is 0 Å². The summed E-state index contributed by atoms with van der Waals surface area (Å²) in [6.45, 7) is 3.58. The first kappa shape index (κ1) is 6.03. The Bertz CT molecular complexity index is 332. The lowest BCUT2D eigenvalue weighted by molar-refractivity contribution is 0.436. The van der Waals surface area contributed by atoms with Crippen LogP contribution >= 0.6 is 0 Å². The summed E-state index contributed by atoms with van der Waals surface area (Å²) in [6.07, 6.45) is 4.53. The van der Waals surface area contributed by atoms with Crippen molar-refractivity contribution in [2.24, 2.45) is 4.99 Å². The number of ether oxygens (including phenoxy) is 1. The number of hydrogen-bond donors (Lipinski definition) is 0. The molecule has 1 aliphatic rings. The molecule has 0 aromatic carbocycles. The maximum atomic E-state index is 5.14. The van der Waals surface area contributed by atoms with Gasteiger partial charge < -0.3 is 4.74 Å². The minimum absolute atomic E-state index is 0.465. The van der Waals surface area contributed by atoms with Gasteiger partial charge in [0.15, 0.2) is 0 Å². The summed E-state index contributed by atoms with van der Waals surface area (Å²) in [5, 5.41) is 0. The fourth-order valence-electron chi connectivity index (χ4n) is 0.770. The average Bonchev–Trinajstić information content (AvgIpc) is 2.04. The van der Waals surface area contributed by atoms with Crippen molar-refractivity contribution in [3.8, 4) is 5.88 Å². The molecular formula is C7H5N3O. The summed E-state index contributed by atoms with van der Waals surface area (Å²) in [7, 11) is 0. The Kier molecular flexibility index (Phi) is 1.18. The Labute approximate surface area is 63.3 Å². The molecule has 0 N–H and O–H groups in total. The molecule has 0 saturated heterocycles. The first-order valence-corrected chi connectivity index (χ1v) is 3.07. The highest BCUT2D eigenvalue weighted by Gasteiger charge is 2.08. The number of fused-ring (bicyclic) bond motifs is 1. The van der Waals surface area contributed by atoms with E-state index in [-0.39, 0.29) is 0 Å². The first-order chi connectivity index (χ1) is 5.36. The van der Waals surface area contributed by atoms with Crippen LogP contribution in [0.4, 0.5) is 5.69 Å². The third-order valence-electron chi connectivity index (χ3n) is 1.23. The van der Waals surface area contributed by atoms with Gasteiger partial charge in [-0.1, -0.05) is 6.58 Å². The third-order valence-corrected chi connectivity index (χ3v) is 1.23. The molecule has 2 heterocycles. The van der Waals surface area contributed by atoms with E-state index in [1.807, 2.05) is 0 Å². The average molecular weight is 147 g/mol. The van der Waals surface area contributed by atoms with E-state index in [2.05, 4.69) is 21.5 Å². The molecule has 54 valence electrons. The molecular weight excluding hydrogens is 142 g/mol. The second-order valence-electron chi connectivity index (χ2n) is 2.04. The minimum atomic E-state index is 0.465. The number of allylic oxidation sites excluding steroid dienone is 1. The normalized spacial score (nSPS) is 14.0. The molecule has 0 aliphatic carbocycles. The van der Waals surface area contributed by atoms with Crippen LogP contribution in [-0.4, -0.2) is 16.2 Å². The summed E-state index contributed by atoms with van der Waals surface area (Å²) in [5.74, 6) is 0.962.